The Morgan fingerprint density at radius 1 is 0.162 bits per heavy atom. The van der Waals surface area contributed by atoms with Crippen LogP contribution in [0.25, 0.3) is 232 Å². The van der Waals surface area contributed by atoms with Crippen molar-refractivity contribution >= 4 is 87.5 Å². The highest BCUT2D eigenvalue weighted by Crippen LogP contribution is 2.54. The number of hydrogen-bond acceptors (Lipinski definition) is 2. The molecule has 4 aromatic heterocycles. The summed E-state index contributed by atoms with van der Waals surface area (Å²) in [6.07, 6.45) is 0. The fraction of sp³-hybridized carbons (Fsp3) is 0.0476. The SMILES string of the molecule is CC1(C)c2ccccc2-c2ccc(-c3cc(-c4cc(-c5ccc(-c6ccccc6)cc5)cc(-c5ccc6c7ccccc7n(-c7ccccc7)c6c5)c4)cc4c3oc3ccccc34)cc21.CC1(C)c2ccccc2-c2ccc(-n3c4ccccc4c4ccc(-c5cc(-c6ccc(-c7ccccc7)cc6)cc(-c6cc(-c7ccccc7)c7oc8ccccc8c7c6)c5)cc43)cc21. The fourth-order valence-electron chi connectivity index (χ4n) is 21.4. The van der Waals surface area contributed by atoms with Crippen molar-refractivity contribution in [2.45, 2.75) is 38.5 Å². The second-order valence-electron chi connectivity index (χ2n) is 36.2. The maximum atomic E-state index is 6.81. The number of rotatable bonds is 12. The third kappa shape index (κ3) is 12.6. The summed E-state index contributed by atoms with van der Waals surface area (Å²) in [5.74, 6) is 0. The zero-order valence-electron chi connectivity index (χ0n) is 72.4. The lowest BCUT2D eigenvalue weighted by atomic mass is 9.81. The monoisotopic (exact) mass is 1660 g/mol. The Morgan fingerprint density at radius 3 is 0.938 bits per heavy atom. The summed E-state index contributed by atoms with van der Waals surface area (Å²) in [5.41, 5.74) is 44.4. The average Bonchev–Trinajstić information content (AvgIpc) is 1.60. The highest BCUT2D eigenvalue weighted by Gasteiger charge is 2.38. The Kier molecular flexibility index (Phi) is 17.7. The molecular weight excluding hydrogens is 1570 g/mol. The van der Waals surface area contributed by atoms with Crippen molar-refractivity contribution in [2.24, 2.45) is 0 Å². The highest BCUT2D eigenvalue weighted by atomic mass is 16.3. The van der Waals surface area contributed by atoms with Crippen molar-refractivity contribution in [3.63, 3.8) is 0 Å². The van der Waals surface area contributed by atoms with Crippen LogP contribution in [0.15, 0.2) is 458 Å². The van der Waals surface area contributed by atoms with Crippen LogP contribution >= 0.6 is 0 Å². The lowest BCUT2D eigenvalue weighted by Gasteiger charge is -2.22. The summed E-state index contributed by atoms with van der Waals surface area (Å²) in [7, 11) is 0. The lowest BCUT2D eigenvalue weighted by Crippen LogP contribution is -2.15. The van der Waals surface area contributed by atoms with Gasteiger partial charge < -0.3 is 18.0 Å². The third-order valence-corrected chi connectivity index (χ3v) is 28.0. The fourth-order valence-corrected chi connectivity index (χ4v) is 21.4. The number of furan rings is 2. The van der Waals surface area contributed by atoms with Crippen LogP contribution in [0.2, 0.25) is 0 Å². The summed E-state index contributed by atoms with van der Waals surface area (Å²) in [6, 6.07) is 165. The van der Waals surface area contributed by atoms with E-state index < -0.39 is 0 Å². The predicted molar refractivity (Wildman–Crippen MR) is 546 cm³/mol. The topological polar surface area (TPSA) is 36.1 Å². The second kappa shape index (κ2) is 30.2. The molecule has 4 nitrogen and oxygen atoms in total. The van der Waals surface area contributed by atoms with Crippen LogP contribution in [0.4, 0.5) is 0 Å². The molecule has 0 N–H and O–H groups in total. The molecular formula is C126H86N2O2. The van der Waals surface area contributed by atoms with Crippen molar-refractivity contribution in [2.75, 3.05) is 0 Å². The number of hydrogen-bond donors (Lipinski definition) is 0. The van der Waals surface area contributed by atoms with Crippen LogP contribution in [-0.4, -0.2) is 9.13 Å². The molecule has 612 valence electrons. The van der Waals surface area contributed by atoms with E-state index >= 15 is 0 Å². The van der Waals surface area contributed by atoms with Gasteiger partial charge in [-0.05, 0) is 272 Å². The van der Waals surface area contributed by atoms with Gasteiger partial charge in [-0.15, -0.1) is 0 Å². The first-order valence-corrected chi connectivity index (χ1v) is 45.1. The Bertz CT molecular complexity index is 8680. The minimum absolute atomic E-state index is 0.103. The van der Waals surface area contributed by atoms with E-state index in [1.807, 2.05) is 6.07 Å². The number of benzene rings is 20. The molecule has 26 rings (SSSR count). The molecule has 0 radical (unpaired) electrons. The summed E-state index contributed by atoms with van der Waals surface area (Å²) >= 11 is 0. The molecule has 130 heavy (non-hydrogen) atoms. The summed E-state index contributed by atoms with van der Waals surface area (Å²) < 4.78 is 18.3. The first kappa shape index (κ1) is 76.1. The first-order chi connectivity index (χ1) is 63.9. The van der Waals surface area contributed by atoms with Crippen LogP contribution in [0, 0.1) is 0 Å². The molecule has 2 aliphatic rings. The van der Waals surface area contributed by atoms with Gasteiger partial charge in [-0.2, -0.15) is 0 Å². The van der Waals surface area contributed by atoms with Crippen molar-refractivity contribution in [3.05, 3.63) is 471 Å². The molecule has 0 atom stereocenters. The van der Waals surface area contributed by atoms with E-state index in [9.17, 15) is 0 Å². The molecule has 4 heterocycles. The second-order valence-corrected chi connectivity index (χ2v) is 36.2. The molecule has 0 spiro atoms. The highest BCUT2D eigenvalue weighted by molar-refractivity contribution is 6.15. The standard InChI is InChI=1S/2C63H43NO/c1-63(2)57-22-12-9-19-50(57)51-31-30-44(38-58(51)63)55-36-48(37-56-54-21-11-14-24-61(54)65-62(55)56)47-34-45(42-27-25-41(26-28-42)40-15-5-3-6-16-40)33-46(35-47)43-29-32-53-52-20-10-13-23-59(52)64(60(53)39-43)49-17-7-4-8-18-49;1-63(2)57-22-12-9-19-50(57)51-32-30-49(39-58(51)63)64-59-23-13-10-20-52(59)53-31-29-44(38-60(53)64)46-33-45(42-27-25-41(26-28-42)40-15-5-3-6-16-40)34-47(35-46)48-36-55(43-17-7-4-8-18-43)62-56(37-48)54-21-11-14-24-61(54)65-62/h2*3-39H,1-2H3. The van der Waals surface area contributed by atoms with Crippen molar-refractivity contribution < 1.29 is 8.83 Å². The van der Waals surface area contributed by atoms with E-state index in [2.05, 4.69) is 480 Å². The Balaban J connectivity index is 0.000000140. The molecule has 0 aliphatic heterocycles. The molecule has 0 unspecified atom stereocenters. The zero-order chi connectivity index (χ0) is 86.5. The van der Waals surface area contributed by atoms with Crippen LogP contribution in [-0.2, 0) is 10.8 Å². The van der Waals surface area contributed by atoms with E-state index in [-0.39, 0.29) is 10.8 Å². The molecule has 20 aromatic carbocycles. The Hall–Kier alpha value is -16.4. The number of aromatic nitrogens is 2. The minimum atomic E-state index is -0.126. The smallest absolute Gasteiger partial charge is 0.143 e. The van der Waals surface area contributed by atoms with E-state index in [1.165, 1.54) is 127 Å². The third-order valence-electron chi connectivity index (χ3n) is 28.0. The van der Waals surface area contributed by atoms with Crippen LogP contribution in [0.3, 0.4) is 0 Å². The van der Waals surface area contributed by atoms with Gasteiger partial charge in [-0.25, -0.2) is 0 Å². The van der Waals surface area contributed by atoms with Gasteiger partial charge in [0.2, 0.25) is 0 Å². The summed E-state index contributed by atoms with van der Waals surface area (Å²) in [4.78, 5) is 0. The number of fused-ring (bicyclic) bond motifs is 18. The lowest BCUT2D eigenvalue weighted by molar-refractivity contribution is 0.660. The first-order valence-electron chi connectivity index (χ1n) is 45.1. The molecule has 0 saturated heterocycles. The molecule has 24 aromatic rings. The van der Waals surface area contributed by atoms with E-state index in [4.69, 9.17) is 8.83 Å². The van der Waals surface area contributed by atoms with Gasteiger partial charge in [0, 0.05) is 76.4 Å². The molecule has 0 amide bonds. The molecule has 0 fully saturated rings. The van der Waals surface area contributed by atoms with Gasteiger partial charge in [0.25, 0.3) is 0 Å². The van der Waals surface area contributed by atoms with E-state index in [1.54, 1.807) is 0 Å². The Labute approximate surface area is 754 Å². The van der Waals surface area contributed by atoms with Gasteiger partial charge in [0.15, 0.2) is 0 Å². The summed E-state index contributed by atoms with van der Waals surface area (Å²) in [5, 5.41) is 9.44. The van der Waals surface area contributed by atoms with Crippen LogP contribution < -0.4 is 0 Å². The van der Waals surface area contributed by atoms with Crippen molar-refractivity contribution in [1.29, 1.82) is 0 Å². The van der Waals surface area contributed by atoms with Gasteiger partial charge in [0.1, 0.15) is 22.3 Å². The van der Waals surface area contributed by atoms with Gasteiger partial charge in [-0.3, -0.25) is 0 Å². The van der Waals surface area contributed by atoms with Gasteiger partial charge >= 0.3 is 0 Å². The van der Waals surface area contributed by atoms with E-state index in [0.29, 0.717) is 0 Å². The maximum Gasteiger partial charge on any atom is 0.143 e. The van der Waals surface area contributed by atoms with E-state index in [0.717, 1.165) is 127 Å². The van der Waals surface area contributed by atoms with Crippen molar-refractivity contribution in [1.82, 2.24) is 9.13 Å². The quantitative estimate of drug-likeness (QED) is 0.122. The number of nitrogens with zero attached hydrogens (tertiary/aromatic N) is 2. The molecule has 0 saturated carbocycles. The molecule has 2 aliphatic carbocycles. The summed E-state index contributed by atoms with van der Waals surface area (Å²) in [6.45, 7) is 9.43. The Morgan fingerprint density at radius 2 is 0.469 bits per heavy atom. The predicted octanol–water partition coefficient (Wildman–Crippen LogP) is 34.6. The zero-order valence-corrected chi connectivity index (χ0v) is 72.4. The van der Waals surface area contributed by atoms with Crippen LogP contribution in [0.1, 0.15) is 49.9 Å². The van der Waals surface area contributed by atoms with Gasteiger partial charge in [0.05, 0.1) is 22.1 Å². The van der Waals surface area contributed by atoms with Crippen molar-refractivity contribution in [3.8, 4) is 145 Å². The van der Waals surface area contributed by atoms with Crippen LogP contribution in [0.5, 0.6) is 0 Å². The van der Waals surface area contributed by atoms with Gasteiger partial charge in [-0.1, -0.05) is 349 Å². The average molecular weight is 1660 g/mol. The number of para-hydroxylation sites is 5. The maximum absolute atomic E-state index is 6.81. The normalized spacial score (nSPS) is 12.9. The minimum Gasteiger partial charge on any atom is -0.455 e. The largest absolute Gasteiger partial charge is 0.455 e. The molecule has 4 heteroatoms. The molecule has 0 bridgehead atoms.